The van der Waals surface area contributed by atoms with Crippen LogP contribution in [0.5, 0.6) is 23.0 Å². The lowest BCUT2D eigenvalue weighted by molar-refractivity contribution is -0.384. The molecule has 1 aromatic heterocycles. The second-order valence-electron chi connectivity index (χ2n) is 10.8. The van der Waals surface area contributed by atoms with E-state index in [-0.39, 0.29) is 19.3 Å². The van der Waals surface area contributed by atoms with Gasteiger partial charge in [0.1, 0.15) is 0 Å². The van der Waals surface area contributed by atoms with Gasteiger partial charge in [-0.25, -0.2) is 9.97 Å². The standard InChI is InChI=1S/C30H29N7O6/c38-37(39)22-1-4-23-24(15-22)32-30(36-13-9-34(10-14-36)21-3-6-26-28(17-21)43-19-41-26)29(31-23)35-11-7-33(8-12-35)20-2-5-25-27(16-20)42-18-40-25/h1-6,15-17H,7-14,18-19H2. The van der Waals surface area contributed by atoms with Crippen molar-refractivity contribution in [1.29, 1.82) is 0 Å². The topological polar surface area (TPSA) is 119 Å². The van der Waals surface area contributed by atoms with Gasteiger partial charge in [0.15, 0.2) is 34.6 Å². The summed E-state index contributed by atoms with van der Waals surface area (Å²) in [6.45, 7) is 6.65. The second kappa shape index (κ2) is 10.3. The van der Waals surface area contributed by atoms with Gasteiger partial charge in [-0.2, -0.15) is 0 Å². The smallest absolute Gasteiger partial charge is 0.271 e. The summed E-state index contributed by atoms with van der Waals surface area (Å²) in [5.74, 6) is 4.65. The number of nitro benzene ring substituents is 1. The summed E-state index contributed by atoms with van der Waals surface area (Å²) < 4.78 is 22.1. The minimum absolute atomic E-state index is 0.00506. The highest BCUT2D eigenvalue weighted by atomic mass is 16.7. The number of nitrogens with zero attached hydrogens (tertiary/aromatic N) is 7. The van der Waals surface area contributed by atoms with Crippen molar-refractivity contribution in [2.24, 2.45) is 0 Å². The van der Waals surface area contributed by atoms with Gasteiger partial charge in [-0.1, -0.05) is 0 Å². The first-order valence-corrected chi connectivity index (χ1v) is 14.3. The summed E-state index contributed by atoms with van der Waals surface area (Å²) in [5, 5.41) is 11.5. The number of ether oxygens (including phenoxy) is 4. The number of rotatable bonds is 5. The van der Waals surface area contributed by atoms with Gasteiger partial charge in [0, 0.05) is 88.0 Å². The molecule has 0 saturated carbocycles. The zero-order valence-corrected chi connectivity index (χ0v) is 23.3. The van der Waals surface area contributed by atoms with Crippen LogP contribution in [0, 0.1) is 10.1 Å². The van der Waals surface area contributed by atoms with E-state index in [1.807, 2.05) is 24.3 Å². The zero-order chi connectivity index (χ0) is 28.9. The Morgan fingerprint density at radius 2 is 1.02 bits per heavy atom. The summed E-state index contributed by atoms with van der Waals surface area (Å²) in [6.07, 6.45) is 0. The van der Waals surface area contributed by atoms with Crippen LogP contribution in [-0.4, -0.2) is 80.8 Å². The van der Waals surface area contributed by atoms with E-state index in [0.29, 0.717) is 11.0 Å². The maximum absolute atomic E-state index is 11.5. The van der Waals surface area contributed by atoms with E-state index >= 15 is 0 Å². The van der Waals surface area contributed by atoms with Crippen LogP contribution in [0.3, 0.4) is 0 Å². The Bertz CT molecular complexity index is 1720. The first-order valence-electron chi connectivity index (χ1n) is 14.3. The number of piperazine rings is 2. The molecule has 2 saturated heterocycles. The van der Waals surface area contributed by atoms with Gasteiger partial charge in [-0.15, -0.1) is 0 Å². The maximum Gasteiger partial charge on any atom is 0.271 e. The lowest BCUT2D eigenvalue weighted by Gasteiger charge is -2.40. The number of non-ortho nitro benzene ring substituents is 1. The number of hydrogen-bond donors (Lipinski definition) is 0. The molecule has 8 rings (SSSR count). The van der Waals surface area contributed by atoms with Gasteiger partial charge in [-0.3, -0.25) is 10.1 Å². The zero-order valence-electron chi connectivity index (χ0n) is 23.3. The molecule has 0 atom stereocenters. The number of hydrogen-bond acceptors (Lipinski definition) is 12. The quantitative estimate of drug-likeness (QED) is 0.252. The monoisotopic (exact) mass is 583 g/mol. The van der Waals surface area contributed by atoms with E-state index in [2.05, 4.69) is 31.7 Å². The lowest BCUT2D eigenvalue weighted by Crippen LogP contribution is -2.49. The average Bonchev–Trinajstić information content (AvgIpc) is 3.73. The molecule has 0 unspecified atom stereocenters. The molecule has 220 valence electrons. The molecule has 0 bridgehead atoms. The van der Waals surface area contributed by atoms with Crippen molar-refractivity contribution in [3.05, 3.63) is 64.7 Å². The van der Waals surface area contributed by atoms with E-state index in [0.717, 1.165) is 98.4 Å². The fraction of sp³-hybridized carbons (Fsp3) is 0.333. The van der Waals surface area contributed by atoms with Crippen LogP contribution in [0.4, 0.5) is 28.7 Å². The Morgan fingerprint density at radius 3 is 1.53 bits per heavy atom. The van der Waals surface area contributed by atoms with Crippen LogP contribution in [0.25, 0.3) is 11.0 Å². The highest BCUT2D eigenvalue weighted by molar-refractivity contribution is 5.83. The molecule has 4 aliphatic heterocycles. The number of aromatic nitrogens is 2. The molecule has 3 aromatic carbocycles. The summed E-state index contributed by atoms with van der Waals surface area (Å²) in [7, 11) is 0. The Morgan fingerprint density at radius 1 is 0.558 bits per heavy atom. The largest absolute Gasteiger partial charge is 0.454 e. The lowest BCUT2D eigenvalue weighted by atomic mass is 10.2. The molecule has 43 heavy (non-hydrogen) atoms. The van der Waals surface area contributed by atoms with Gasteiger partial charge in [0.25, 0.3) is 5.69 Å². The van der Waals surface area contributed by atoms with Crippen LogP contribution < -0.4 is 38.5 Å². The molecular weight excluding hydrogens is 554 g/mol. The van der Waals surface area contributed by atoms with Crippen molar-refractivity contribution in [3.63, 3.8) is 0 Å². The van der Waals surface area contributed by atoms with Crippen LogP contribution in [0.15, 0.2) is 54.6 Å². The molecule has 4 aliphatic rings. The van der Waals surface area contributed by atoms with Crippen molar-refractivity contribution < 1.29 is 23.9 Å². The van der Waals surface area contributed by atoms with Gasteiger partial charge in [-0.05, 0) is 30.3 Å². The van der Waals surface area contributed by atoms with Crippen molar-refractivity contribution >= 4 is 39.7 Å². The number of nitro groups is 1. The van der Waals surface area contributed by atoms with Gasteiger partial charge >= 0.3 is 0 Å². The number of benzene rings is 3. The van der Waals surface area contributed by atoms with E-state index in [9.17, 15) is 10.1 Å². The second-order valence-corrected chi connectivity index (χ2v) is 10.8. The maximum atomic E-state index is 11.5. The third kappa shape index (κ3) is 4.66. The van der Waals surface area contributed by atoms with Crippen LogP contribution in [-0.2, 0) is 0 Å². The molecule has 4 aromatic rings. The third-order valence-electron chi connectivity index (χ3n) is 8.42. The molecule has 0 radical (unpaired) electrons. The molecule has 0 aliphatic carbocycles. The summed E-state index contributed by atoms with van der Waals surface area (Å²) >= 11 is 0. The molecule has 5 heterocycles. The number of anilines is 4. The summed E-state index contributed by atoms with van der Waals surface area (Å²) in [5.41, 5.74) is 3.35. The first kappa shape index (κ1) is 25.5. The molecule has 0 amide bonds. The molecule has 13 heteroatoms. The summed E-state index contributed by atoms with van der Waals surface area (Å²) in [6, 6.07) is 16.8. The first-order chi connectivity index (χ1) is 21.1. The Balaban J connectivity index is 1.05. The van der Waals surface area contributed by atoms with Crippen molar-refractivity contribution in [2.45, 2.75) is 0 Å². The fourth-order valence-electron chi connectivity index (χ4n) is 6.08. The highest BCUT2D eigenvalue weighted by Crippen LogP contribution is 2.38. The summed E-state index contributed by atoms with van der Waals surface area (Å²) in [4.78, 5) is 30.3. The average molecular weight is 584 g/mol. The molecule has 2 fully saturated rings. The van der Waals surface area contributed by atoms with Crippen molar-refractivity contribution in [2.75, 3.05) is 85.5 Å². The van der Waals surface area contributed by atoms with Gasteiger partial charge < -0.3 is 38.5 Å². The Kier molecular flexibility index (Phi) is 6.09. The van der Waals surface area contributed by atoms with Gasteiger partial charge in [0.05, 0.1) is 16.0 Å². The predicted octanol–water partition coefficient (Wildman–Crippen LogP) is 3.65. The van der Waals surface area contributed by atoms with E-state index in [1.54, 1.807) is 6.07 Å². The molecule has 13 nitrogen and oxygen atoms in total. The van der Waals surface area contributed by atoms with E-state index in [1.165, 1.54) is 12.1 Å². The molecule has 0 N–H and O–H groups in total. The fourth-order valence-corrected chi connectivity index (χ4v) is 6.08. The normalized spacial score (nSPS) is 17.6. The van der Waals surface area contributed by atoms with Crippen LogP contribution >= 0.6 is 0 Å². The molecular formula is C30H29N7O6. The minimum Gasteiger partial charge on any atom is -0.454 e. The third-order valence-corrected chi connectivity index (χ3v) is 8.42. The Labute approximate surface area is 246 Å². The Hall–Kier alpha value is -5.20. The predicted molar refractivity (Wildman–Crippen MR) is 160 cm³/mol. The number of fused-ring (bicyclic) bond motifs is 3. The van der Waals surface area contributed by atoms with Crippen LogP contribution in [0.1, 0.15) is 0 Å². The van der Waals surface area contributed by atoms with Crippen LogP contribution in [0.2, 0.25) is 0 Å². The SMILES string of the molecule is O=[N+]([O-])c1ccc2nc(N3CCN(c4ccc5c(c4)OCO5)CC3)c(N3CCN(c4ccc5c(c4)OCO5)CC3)nc2c1. The van der Waals surface area contributed by atoms with E-state index in [4.69, 9.17) is 28.9 Å². The highest BCUT2D eigenvalue weighted by Gasteiger charge is 2.28. The van der Waals surface area contributed by atoms with Crippen molar-refractivity contribution in [3.8, 4) is 23.0 Å². The van der Waals surface area contributed by atoms with Crippen molar-refractivity contribution in [1.82, 2.24) is 9.97 Å². The minimum atomic E-state index is -0.395. The molecule has 0 spiro atoms. The van der Waals surface area contributed by atoms with Gasteiger partial charge in [0.2, 0.25) is 13.6 Å². The van der Waals surface area contributed by atoms with E-state index < -0.39 is 4.92 Å².